The van der Waals surface area contributed by atoms with E-state index in [4.69, 9.17) is 14.2 Å². The average molecular weight is 241 g/mol. The van der Waals surface area contributed by atoms with Crippen LogP contribution in [0.25, 0.3) is 0 Å². The van der Waals surface area contributed by atoms with E-state index in [0.717, 1.165) is 6.42 Å². The topological polar surface area (TPSA) is 65.5 Å². The van der Waals surface area contributed by atoms with Crippen molar-refractivity contribution >= 4 is 5.95 Å². The van der Waals surface area contributed by atoms with Crippen LogP contribution in [0.1, 0.15) is 13.3 Å². The van der Waals surface area contributed by atoms with Gasteiger partial charge in [-0.25, -0.2) is 0 Å². The molecule has 0 aromatic carbocycles. The van der Waals surface area contributed by atoms with Gasteiger partial charge < -0.3 is 19.5 Å². The van der Waals surface area contributed by atoms with E-state index in [0.29, 0.717) is 24.3 Å². The van der Waals surface area contributed by atoms with Gasteiger partial charge in [-0.05, 0) is 13.3 Å². The smallest absolute Gasteiger partial charge is 0.229 e. The molecular formula is C11H19N3O3. The molecule has 0 aliphatic heterocycles. The molecular weight excluding hydrogens is 222 g/mol. The Kier molecular flexibility index (Phi) is 5.48. The molecule has 0 radical (unpaired) electrons. The van der Waals surface area contributed by atoms with Crippen LogP contribution in [-0.2, 0) is 4.74 Å². The molecule has 96 valence electrons. The van der Waals surface area contributed by atoms with Crippen LogP contribution in [0.4, 0.5) is 5.95 Å². The van der Waals surface area contributed by atoms with Crippen molar-refractivity contribution in [2.24, 2.45) is 0 Å². The number of ether oxygens (including phenoxy) is 3. The van der Waals surface area contributed by atoms with Crippen LogP contribution in [0, 0.1) is 0 Å². The molecule has 0 saturated heterocycles. The van der Waals surface area contributed by atoms with Crippen molar-refractivity contribution in [3.8, 4) is 11.8 Å². The fourth-order valence-electron chi connectivity index (χ4n) is 1.26. The summed E-state index contributed by atoms with van der Waals surface area (Å²) in [6.45, 7) is 2.73. The summed E-state index contributed by atoms with van der Waals surface area (Å²) in [5.41, 5.74) is 0. The number of rotatable bonds is 7. The molecule has 0 amide bonds. The standard InChI is InChI=1S/C11H19N3O3/c1-8(5-6-15-2)12-11-13-9(16-3)7-10(14-11)17-4/h7-8H,5-6H2,1-4H3,(H,12,13,14). The molecule has 0 aliphatic carbocycles. The fraction of sp³-hybridized carbons (Fsp3) is 0.636. The highest BCUT2D eigenvalue weighted by Crippen LogP contribution is 2.17. The Morgan fingerprint density at radius 3 is 2.24 bits per heavy atom. The first-order valence-corrected chi connectivity index (χ1v) is 5.42. The number of hydrogen-bond donors (Lipinski definition) is 1. The van der Waals surface area contributed by atoms with Gasteiger partial charge in [-0.1, -0.05) is 0 Å². The van der Waals surface area contributed by atoms with Gasteiger partial charge in [-0.3, -0.25) is 0 Å². The zero-order valence-corrected chi connectivity index (χ0v) is 10.7. The van der Waals surface area contributed by atoms with E-state index in [1.54, 1.807) is 27.4 Å². The average Bonchev–Trinajstić information content (AvgIpc) is 2.35. The van der Waals surface area contributed by atoms with Gasteiger partial charge in [0.15, 0.2) is 0 Å². The summed E-state index contributed by atoms with van der Waals surface area (Å²) in [6, 6.07) is 1.84. The molecule has 17 heavy (non-hydrogen) atoms. The van der Waals surface area contributed by atoms with Crippen molar-refractivity contribution in [2.75, 3.05) is 33.3 Å². The molecule has 1 heterocycles. The summed E-state index contributed by atoms with van der Waals surface area (Å²) in [4.78, 5) is 8.37. The van der Waals surface area contributed by atoms with Gasteiger partial charge in [0.2, 0.25) is 17.7 Å². The van der Waals surface area contributed by atoms with E-state index in [1.807, 2.05) is 6.92 Å². The van der Waals surface area contributed by atoms with Gasteiger partial charge in [0, 0.05) is 19.8 Å². The summed E-state index contributed by atoms with van der Waals surface area (Å²) in [6.07, 6.45) is 0.874. The third-order valence-corrected chi connectivity index (χ3v) is 2.23. The fourth-order valence-corrected chi connectivity index (χ4v) is 1.26. The molecule has 6 nitrogen and oxygen atoms in total. The molecule has 0 bridgehead atoms. The molecule has 1 N–H and O–H groups in total. The maximum atomic E-state index is 5.06. The monoisotopic (exact) mass is 241 g/mol. The van der Waals surface area contributed by atoms with E-state index >= 15 is 0 Å². The predicted molar refractivity (Wildman–Crippen MR) is 64.7 cm³/mol. The lowest BCUT2D eigenvalue weighted by Crippen LogP contribution is -2.19. The van der Waals surface area contributed by atoms with Crippen molar-refractivity contribution in [2.45, 2.75) is 19.4 Å². The van der Waals surface area contributed by atoms with Gasteiger partial charge in [-0.2, -0.15) is 9.97 Å². The third-order valence-electron chi connectivity index (χ3n) is 2.23. The molecule has 1 unspecified atom stereocenters. The Hall–Kier alpha value is -1.56. The van der Waals surface area contributed by atoms with Crippen LogP contribution in [0.5, 0.6) is 11.8 Å². The first-order chi connectivity index (χ1) is 8.19. The molecule has 0 spiro atoms. The molecule has 6 heteroatoms. The summed E-state index contributed by atoms with van der Waals surface area (Å²) >= 11 is 0. The molecule has 1 atom stereocenters. The minimum Gasteiger partial charge on any atom is -0.481 e. The first kappa shape index (κ1) is 13.5. The second kappa shape index (κ2) is 6.90. The largest absolute Gasteiger partial charge is 0.481 e. The normalized spacial score (nSPS) is 12.0. The zero-order chi connectivity index (χ0) is 12.7. The first-order valence-electron chi connectivity index (χ1n) is 5.42. The summed E-state index contributed by atoms with van der Waals surface area (Å²) < 4.78 is 15.1. The number of methoxy groups -OCH3 is 3. The highest BCUT2D eigenvalue weighted by Gasteiger charge is 2.08. The van der Waals surface area contributed by atoms with Crippen molar-refractivity contribution in [3.63, 3.8) is 0 Å². The Morgan fingerprint density at radius 2 is 1.76 bits per heavy atom. The van der Waals surface area contributed by atoms with E-state index in [1.165, 1.54) is 0 Å². The lowest BCUT2D eigenvalue weighted by molar-refractivity contribution is 0.191. The number of nitrogens with one attached hydrogen (secondary N) is 1. The number of aromatic nitrogens is 2. The molecule has 0 fully saturated rings. The summed E-state index contributed by atoms with van der Waals surface area (Å²) in [5.74, 6) is 1.43. The Labute approximate surface area is 101 Å². The van der Waals surface area contributed by atoms with Gasteiger partial charge in [-0.15, -0.1) is 0 Å². The van der Waals surface area contributed by atoms with Crippen LogP contribution in [0.2, 0.25) is 0 Å². The van der Waals surface area contributed by atoms with Crippen LogP contribution in [0.3, 0.4) is 0 Å². The molecule has 1 aromatic heterocycles. The molecule has 1 aromatic rings. The Balaban J connectivity index is 2.68. The Morgan fingerprint density at radius 1 is 1.18 bits per heavy atom. The van der Waals surface area contributed by atoms with Crippen LogP contribution in [-0.4, -0.2) is 43.9 Å². The van der Waals surface area contributed by atoms with Gasteiger partial charge in [0.25, 0.3) is 0 Å². The third kappa shape index (κ3) is 4.44. The van der Waals surface area contributed by atoms with Crippen molar-refractivity contribution in [1.82, 2.24) is 9.97 Å². The van der Waals surface area contributed by atoms with E-state index in [9.17, 15) is 0 Å². The quantitative estimate of drug-likeness (QED) is 0.777. The van der Waals surface area contributed by atoms with Crippen LogP contribution in [0.15, 0.2) is 6.07 Å². The Bertz CT molecular complexity index is 324. The minimum atomic E-state index is 0.215. The van der Waals surface area contributed by atoms with Crippen LogP contribution < -0.4 is 14.8 Å². The highest BCUT2D eigenvalue weighted by atomic mass is 16.5. The van der Waals surface area contributed by atoms with Gasteiger partial charge in [0.1, 0.15) is 0 Å². The predicted octanol–water partition coefficient (Wildman–Crippen LogP) is 1.33. The molecule has 0 saturated carbocycles. The summed E-state index contributed by atoms with van der Waals surface area (Å²) in [5, 5.41) is 3.16. The van der Waals surface area contributed by atoms with Crippen molar-refractivity contribution in [1.29, 1.82) is 0 Å². The highest BCUT2D eigenvalue weighted by molar-refractivity contribution is 5.34. The van der Waals surface area contributed by atoms with E-state index in [2.05, 4.69) is 15.3 Å². The minimum absolute atomic E-state index is 0.215. The SMILES string of the molecule is COCCC(C)Nc1nc(OC)cc(OC)n1. The number of nitrogens with zero attached hydrogens (tertiary/aromatic N) is 2. The lowest BCUT2D eigenvalue weighted by atomic mass is 10.2. The van der Waals surface area contributed by atoms with Gasteiger partial charge in [0.05, 0.1) is 20.3 Å². The second-order valence-electron chi connectivity index (χ2n) is 3.60. The zero-order valence-electron chi connectivity index (χ0n) is 10.7. The van der Waals surface area contributed by atoms with E-state index in [-0.39, 0.29) is 6.04 Å². The summed E-state index contributed by atoms with van der Waals surface area (Å²) in [7, 11) is 4.79. The van der Waals surface area contributed by atoms with Crippen molar-refractivity contribution < 1.29 is 14.2 Å². The van der Waals surface area contributed by atoms with Gasteiger partial charge >= 0.3 is 0 Å². The molecule has 0 aliphatic rings. The number of anilines is 1. The maximum absolute atomic E-state index is 5.06. The lowest BCUT2D eigenvalue weighted by Gasteiger charge is -2.14. The van der Waals surface area contributed by atoms with Crippen molar-refractivity contribution in [3.05, 3.63) is 6.07 Å². The maximum Gasteiger partial charge on any atom is 0.229 e. The van der Waals surface area contributed by atoms with E-state index < -0.39 is 0 Å². The molecule has 1 rings (SSSR count). The number of hydrogen-bond acceptors (Lipinski definition) is 6. The van der Waals surface area contributed by atoms with Crippen LogP contribution >= 0.6 is 0 Å². The second-order valence-corrected chi connectivity index (χ2v) is 3.60.